The maximum absolute atomic E-state index is 14.5. The molecule has 4 rings (SSSR count). The quantitative estimate of drug-likeness (QED) is 0.625. The number of sulfone groups is 1. The average molecular weight is 503 g/mol. The van der Waals surface area contributed by atoms with Gasteiger partial charge in [0.2, 0.25) is 5.91 Å². The van der Waals surface area contributed by atoms with Gasteiger partial charge in [-0.2, -0.15) is 0 Å². The van der Waals surface area contributed by atoms with Crippen LogP contribution < -0.4 is 5.32 Å². The highest BCUT2D eigenvalue weighted by molar-refractivity contribution is 7.92. The number of carbonyl (C=O) groups is 2. The van der Waals surface area contributed by atoms with Gasteiger partial charge in [-0.3, -0.25) is 9.59 Å². The van der Waals surface area contributed by atoms with Crippen molar-refractivity contribution in [2.24, 2.45) is 0 Å². The van der Waals surface area contributed by atoms with E-state index in [9.17, 15) is 22.4 Å². The van der Waals surface area contributed by atoms with Gasteiger partial charge in [0.1, 0.15) is 16.8 Å². The second-order valence-corrected chi connectivity index (χ2v) is 12.1. The number of aryl methyl sites for hydroxylation is 1. The minimum atomic E-state index is -3.79. The standard InChI is InChI=1S/C26H31FN2O5S/c1-17-7-9-20(22(27)14-17)18-8-10-21-19(15-18)16-29(24(21)30)12-11-26(2,35(3,32)33)25(31)28-23-6-4-5-13-34-23/h7-10,14-15,23H,4-6,11-13,16H2,1-3H3,(H,28,31)/t23?,26-/m1/s1. The molecule has 1 saturated heterocycles. The molecule has 2 aromatic carbocycles. The van der Waals surface area contributed by atoms with Crippen molar-refractivity contribution >= 4 is 21.7 Å². The lowest BCUT2D eigenvalue weighted by molar-refractivity contribution is -0.129. The molecule has 35 heavy (non-hydrogen) atoms. The topological polar surface area (TPSA) is 92.8 Å². The molecule has 7 nitrogen and oxygen atoms in total. The highest BCUT2D eigenvalue weighted by Gasteiger charge is 2.45. The lowest BCUT2D eigenvalue weighted by Crippen LogP contribution is -2.54. The molecule has 2 heterocycles. The van der Waals surface area contributed by atoms with Gasteiger partial charge in [-0.25, -0.2) is 12.8 Å². The zero-order chi connectivity index (χ0) is 25.4. The van der Waals surface area contributed by atoms with Crippen LogP contribution in [0.4, 0.5) is 4.39 Å². The van der Waals surface area contributed by atoms with E-state index in [1.54, 1.807) is 24.3 Å². The summed E-state index contributed by atoms with van der Waals surface area (Å²) < 4.78 is 43.6. The number of carbonyl (C=O) groups excluding carboxylic acids is 2. The molecule has 1 N–H and O–H groups in total. The molecule has 0 bridgehead atoms. The first-order valence-corrected chi connectivity index (χ1v) is 13.7. The van der Waals surface area contributed by atoms with Crippen LogP contribution in [0.2, 0.25) is 0 Å². The summed E-state index contributed by atoms with van der Waals surface area (Å²) in [6.45, 7) is 4.09. The van der Waals surface area contributed by atoms with Crippen LogP contribution in [-0.2, 0) is 25.9 Å². The van der Waals surface area contributed by atoms with Gasteiger partial charge in [0.05, 0.1) is 0 Å². The Kier molecular flexibility index (Phi) is 7.02. The Morgan fingerprint density at radius 3 is 2.60 bits per heavy atom. The number of fused-ring (bicyclic) bond motifs is 1. The van der Waals surface area contributed by atoms with E-state index in [0.717, 1.165) is 30.2 Å². The first-order chi connectivity index (χ1) is 16.5. The second-order valence-electron chi connectivity index (χ2n) is 9.66. The summed E-state index contributed by atoms with van der Waals surface area (Å²) in [5, 5.41) is 2.73. The minimum Gasteiger partial charge on any atom is -0.359 e. The molecule has 0 radical (unpaired) electrons. The molecule has 2 amide bonds. The summed E-state index contributed by atoms with van der Waals surface area (Å²) in [5.74, 6) is -1.18. The Balaban J connectivity index is 1.49. The first-order valence-electron chi connectivity index (χ1n) is 11.8. The molecule has 0 saturated carbocycles. The number of nitrogens with one attached hydrogen (secondary N) is 1. The maximum Gasteiger partial charge on any atom is 0.254 e. The Labute approximate surface area is 205 Å². The van der Waals surface area contributed by atoms with Crippen LogP contribution in [0.15, 0.2) is 36.4 Å². The van der Waals surface area contributed by atoms with E-state index in [0.29, 0.717) is 29.7 Å². The van der Waals surface area contributed by atoms with Crippen LogP contribution in [0.1, 0.15) is 54.1 Å². The summed E-state index contributed by atoms with van der Waals surface area (Å²) in [6.07, 6.45) is 2.92. The highest BCUT2D eigenvalue weighted by Crippen LogP contribution is 2.31. The van der Waals surface area contributed by atoms with E-state index < -0.39 is 26.7 Å². The maximum atomic E-state index is 14.5. The molecule has 0 spiro atoms. The third-order valence-electron chi connectivity index (χ3n) is 7.05. The molecular formula is C26H31FN2O5S. The van der Waals surface area contributed by atoms with Crippen molar-refractivity contribution in [1.29, 1.82) is 0 Å². The predicted molar refractivity (Wildman–Crippen MR) is 131 cm³/mol. The van der Waals surface area contributed by atoms with Gasteiger partial charge in [0.15, 0.2) is 9.84 Å². The summed E-state index contributed by atoms with van der Waals surface area (Å²) >= 11 is 0. The molecule has 1 fully saturated rings. The monoisotopic (exact) mass is 502 g/mol. The van der Waals surface area contributed by atoms with E-state index >= 15 is 0 Å². The van der Waals surface area contributed by atoms with Gasteiger partial charge < -0.3 is 15.0 Å². The number of halogens is 1. The average Bonchev–Trinajstić information content (AvgIpc) is 3.12. The Morgan fingerprint density at radius 1 is 1.20 bits per heavy atom. The van der Waals surface area contributed by atoms with Gasteiger partial charge in [-0.1, -0.05) is 18.2 Å². The summed E-state index contributed by atoms with van der Waals surface area (Å²) in [6, 6.07) is 10.2. The van der Waals surface area contributed by atoms with Crippen LogP contribution in [-0.4, -0.2) is 55.5 Å². The van der Waals surface area contributed by atoms with Crippen LogP contribution in [0.25, 0.3) is 11.1 Å². The van der Waals surface area contributed by atoms with Crippen LogP contribution >= 0.6 is 0 Å². The third kappa shape index (κ3) is 5.11. The lowest BCUT2D eigenvalue weighted by Gasteiger charge is -2.31. The molecule has 188 valence electrons. The smallest absolute Gasteiger partial charge is 0.254 e. The zero-order valence-corrected chi connectivity index (χ0v) is 21.1. The van der Waals surface area contributed by atoms with Crippen molar-refractivity contribution in [3.63, 3.8) is 0 Å². The van der Waals surface area contributed by atoms with Crippen molar-refractivity contribution in [2.75, 3.05) is 19.4 Å². The van der Waals surface area contributed by atoms with Gasteiger partial charge in [0.25, 0.3) is 5.91 Å². The largest absolute Gasteiger partial charge is 0.359 e. The molecule has 0 aromatic heterocycles. The number of rotatable bonds is 7. The van der Waals surface area contributed by atoms with Gasteiger partial charge in [-0.15, -0.1) is 0 Å². The fourth-order valence-corrected chi connectivity index (χ4v) is 5.41. The van der Waals surface area contributed by atoms with Gasteiger partial charge >= 0.3 is 0 Å². The van der Waals surface area contributed by atoms with Crippen molar-refractivity contribution in [3.05, 3.63) is 58.9 Å². The lowest BCUT2D eigenvalue weighted by atomic mass is 9.99. The fraction of sp³-hybridized carbons (Fsp3) is 0.462. The highest BCUT2D eigenvalue weighted by atomic mass is 32.2. The van der Waals surface area contributed by atoms with E-state index in [2.05, 4.69) is 5.32 Å². The van der Waals surface area contributed by atoms with E-state index in [1.807, 2.05) is 13.0 Å². The van der Waals surface area contributed by atoms with E-state index in [1.165, 1.54) is 17.9 Å². The minimum absolute atomic E-state index is 0.0520. The second kappa shape index (κ2) is 9.70. The summed E-state index contributed by atoms with van der Waals surface area (Å²) in [7, 11) is -3.79. The van der Waals surface area contributed by atoms with Gasteiger partial charge in [-0.05, 0) is 74.4 Å². The van der Waals surface area contributed by atoms with E-state index in [-0.39, 0.29) is 31.2 Å². The SMILES string of the molecule is Cc1ccc(-c2ccc3c(c2)CN(CC[C@](C)(C(=O)NC2CCCCO2)S(C)(=O)=O)C3=O)c(F)c1. The predicted octanol–water partition coefficient (Wildman–Crippen LogP) is 3.59. The summed E-state index contributed by atoms with van der Waals surface area (Å²) in [4.78, 5) is 27.6. The number of benzene rings is 2. The first kappa shape index (κ1) is 25.3. The molecule has 2 atom stereocenters. The zero-order valence-electron chi connectivity index (χ0n) is 20.3. The molecule has 0 aliphatic carbocycles. The summed E-state index contributed by atoms with van der Waals surface area (Å²) in [5.41, 5.74) is 3.19. The Morgan fingerprint density at radius 2 is 1.94 bits per heavy atom. The number of hydrogen-bond acceptors (Lipinski definition) is 5. The molecular weight excluding hydrogens is 471 g/mol. The normalized spacial score (nSPS) is 19.8. The van der Waals surface area contributed by atoms with Crippen LogP contribution in [0.3, 0.4) is 0 Å². The molecule has 1 unspecified atom stereocenters. The number of hydrogen-bond donors (Lipinski definition) is 1. The molecule has 2 aromatic rings. The van der Waals surface area contributed by atoms with Gasteiger partial charge in [0, 0.05) is 37.1 Å². The molecule has 9 heteroatoms. The van der Waals surface area contributed by atoms with E-state index in [4.69, 9.17) is 4.74 Å². The van der Waals surface area contributed by atoms with Crippen LogP contribution in [0.5, 0.6) is 0 Å². The third-order valence-corrected chi connectivity index (χ3v) is 9.08. The number of nitrogens with zero attached hydrogens (tertiary/aromatic N) is 1. The molecule has 2 aliphatic heterocycles. The fourth-order valence-electron chi connectivity index (χ4n) is 4.55. The Bertz CT molecular complexity index is 1260. The van der Waals surface area contributed by atoms with Crippen molar-refractivity contribution in [3.8, 4) is 11.1 Å². The number of ether oxygens (including phenoxy) is 1. The van der Waals surface area contributed by atoms with Crippen molar-refractivity contribution in [2.45, 2.75) is 57.1 Å². The molecule has 2 aliphatic rings. The Hall–Kier alpha value is -2.78. The van der Waals surface area contributed by atoms with Crippen molar-refractivity contribution in [1.82, 2.24) is 10.2 Å². The number of amides is 2. The van der Waals surface area contributed by atoms with Crippen molar-refractivity contribution < 1.29 is 27.1 Å². The van der Waals surface area contributed by atoms with Crippen LogP contribution in [0, 0.1) is 12.7 Å².